The minimum Gasteiger partial charge on any atom is -0.350 e. The second-order valence-electron chi connectivity index (χ2n) is 8.48. The van der Waals surface area contributed by atoms with E-state index in [9.17, 15) is 8.78 Å². The molecule has 0 heterocycles. The van der Waals surface area contributed by atoms with E-state index in [1.807, 2.05) is 13.8 Å². The molecule has 0 aliphatic rings. The first kappa shape index (κ1) is 27.0. The van der Waals surface area contributed by atoms with Crippen LogP contribution in [0.1, 0.15) is 104 Å². The molecule has 1 atom stereocenters. The summed E-state index contributed by atoms with van der Waals surface area (Å²) in [6.45, 7) is 9.71. The molecule has 0 amide bonds. The van der Waals surface area contributed by atoms with Crippen molar-refractivity contribution >= 4 is 0 Å². The lowest BCUT2D eigenvalue weighted by Crippen LogP contribution is -2.41. The highest BCUT2D eigenvalue weighted by atomic mass is 19.2. The number of hydrogen-bond acceptors (Lipinski definition) is 2. The van der Waals surface area contributed by atoms with Gasteiger partial charge in [-0.3, -0.25) is 0 Å². The van der Waals surface area contributed by atoms with Crippen molar-refractivity contribution in [3.8, 4) is 0 Å². The summed E-state index contributed by atoms with van der Waals surface area (Å²) in [6, 6.07) is 4.22. The van der Waals surface area contributed by atoms with Gasteiger partial charge in [-0.15, -0.1) is 0 Å². The molecule has 0 saturated heterocycles. The lowest BCUT2D eigenvalue weighted by atomic mass is 9.87. The van der Waals surface area contributed by atoms with E-state index in [0.717, 1.165) is 44.1 Å². The van der Waals surface area contributed by atoms with Crippen LogP contribution >= 0.6 is 0 Å². The summed E-state index contributed by atoms with van der Waals surface area (Å²) in [4.78, 5) is 0. The normalized spacial score (nSPS) is 13.0. The van der Waals surface area contributed by atoms with Gasteiger partial charge < -0.3 is 9.47 Å². The molecule has 0 saturated carbocycles. The number of ether oxygens (including phenoxy) is 2. The molecule has 0 aliphatic carbocycles. The number of unbranched alkanes of at least 4 members (excludes halogenated alkanes) is 7. The Balaban J connectivity index is 2.49. The average molecular weight is 427 g/mol. The van der Waals surface area contributed by atoms with Crippen LogP contribution in [-0.2, 0) is 15.9 Å². The first-order valence-corrected chi connectivity index (χ1v) is 12.2. The molecule has 0 spiro atoms. The van der Waals surface area contributed by atoms with E-state index >= 15 is 0 Å². The van der Waals surface area contributed by atoms with Crippen molar-refractivity contribution in [3.63, 3.8) is 0 Å². The topological polar surface area (TPSA) is 18.5 Å². The van der Waals surface area contributed by atoms with E-state index in [0.29, 0.717) is 19.1 Å². The Morgan fingerprint density at radius 1 is 0.767 bits per heavy atom. The minimum atomic E-state index is -0.776. The zero-order chi connectivity index (χ0) is 22.2. The van der Waals surface area contributed by atoms with Crippen LogP contribution in [0.2, 0.25) is 0 Å². The molecule has 30 heavy (non-hydrogen) atoms. The van der Waals surface area contributed by atoms with Gasteiger partial charge in [-0.2, -0.15) is 0 Å². The smallest absolute Gasteiger partial charge is 0.168 e. The van der Waals surface area contributed by atoms with Gasteiger partial charge in [-0.05, 0) is 64.2 Å². The average Bonchev–Trinajstić information content (AvgIpc) is 2.71. The number of benzene rings is 1. The third-order valence-corrected chi connectivity index (χ3v) is 6.01. The monoisotopic (exact) mass is 426 g/mol. The van der Waals surface area contributed by atoms with Gasteiger partial charge in [-0.1, -0.05) is 64.4 Å². The van der Waals surface area contributed by atoms with Crippen molar-refractivity contribution in [1.82, 2.24) is 0 Å². The molecular formula is C26H44F2O2. The Morgan fingerprint density at radius 2 is 1.33 bits per heavy atom. The Labute approximate surface area is 183 Å². The molecule has 0 fully saturated rings. The third-order valence-electron chi connectivity index (χ3n) is 6.01. The fraction of sp³-hybridized carbons (Fsp3) is 0.769. The Bertz CT molecular complexity index is 556. The predicted octanol–water partition coefficient (Wildman–Crippen LogP) is 8.22. The van der Waals surface area contributed by atoms with Gasteiger partial charge in [0.25, 0.3) is 0 Å². The van der Waals surface area contributed by atoms with Gasteiger partial charge in [-0.25, -0.2) is 8.78 Å². The molecule has 4 heteroatoms. The van der Waals surface area contributed by atoms with Crippen LogP contribution in [0.25, 0.3) is 0 Å². The summed E-state index contributed by atoms with van der Waals surface area (Å²) in [6.07, 6.45) is 13.9. The van der Waals surface area contributed by atoms with E-state index in [2.05, 4.69) is 13.8 Å². The van der Waals surface area contributed by atoms with E-state index in [-0.39, 0.29) is 0 Å². The molecule has 0 bridgehead atoms. The zero-order valence-corrected chi connectivity index (χ0v) is 19.8. The molecule has 1 aromatic carbocycles. The molecule has 1 aromatic rings. The van der Waals surface area contributed by atoms with Crippen LogP contribution in [-0.4, -0.2) is 19.0 Å². The lowest BCUT2D eigenvalue weighted by molar-refractivity contribution is -0.254. The van der Waals surface area contributed by atoms with E-state index < -0.39 is 17.4 Å². The zero-order valence-electron chi connectivity index (χ0n) is 19.8. The largest absolute Gasteiger partial charge is 0.350 e. The van der Waals surface area contributed by atoms with E-state index in [1.54, 1.807) is 6.07 Å². The summed E-state index contributed by atoms with van der Waals surface area (Å²) < 4.78 is 38.6. The van der Waals surface area contributed by atoms with Gasteiger partial charge in [0.2, 0.25) is 0 Å². The molecule has 2 nitrogen and oxygen atoms in total. The highest BCUT2D eigenvalue weighted by molar-refractivity contribution is 5.17. The first-order valence-electron chi connectivity index (χ1n) is 12.2. The van der Waals surface area contributed by atoms with E-state index in [4.69, 9.17) is 9.47 Å². The molecule has 1 rings (SSSR count). The summed E-state index contributed by atoms with van der Waals surface area (Å²) >= 11 is 0. The summed E-state index contributed by atoms with van der Waals surface area (Å²) in [5.74, 6) is -1.67. The van der Waals surface area contributed by atoms with Crippen molar-refractivity contribution in [2.24, 2.45) is 5.92 Å². The molecule has 0 aromatic heterocycles. The molecular weight excluding hydrogens is 382 g/mol. The maximum Gasteiger partial charge on any atom is 0.168 e. The van der Waals surface area contributed by atoms with E-state index in [1.165, 1.54) is 50.7 Å². The molecule has 0 radical (unpaired) electrons. The first-order chi connectivity index (χ1) is 14.5. The molecule has 174 valence electrons. The van der Waals surface area contributed by atoms with Crippen LogP contribution < -0.4 is 0 Å². The minimum absolute atomic E-state index is 0.381. The van der Waals surface area contributed by atoms with Crippen molar-refractivity contribution in [1.29, 1.82) is 0 Å². The van der Waals surface area contributed by atoms with Gasteiger partial charge in [0, 0.05) is 19.1 Å². The van der Waals surface area contributed by atoms with Gasteiger partial charge in [0.15, 0.2) is 17.4 Å². The van der Waals surface area contributed by atoms with Gasteiger partial charge in [0.05, 0.1) is 0 Å². The molecule has 0 aliphatic heterocycles. The highest BCUT2D eigenvalue weighted by Crippen LogP contribution is 2.33. The Hall–Kier alpha value is -1.00. The number of rotatable bonds is 18. The van der Waals surface area contributed by atoms with Crippen molar-refractivity contribution < 1.29 is 18.3 Å². The number of aryl methyl sites for hydroxylation is 1. The maximum absolute atomic E-state index is 13.4. The highest BCUT2D eigenvalue weighted by Gasteiger charge is 2.34. The second kappa shape index (κ2) is 15.8. The second-order valence-corrected chi connectivity index (χ2v) is 8.48. The van der Waals surface area contributed by atoms with Crippen LogP contribution in [0.5, 0.6) is 0 Å². The lowest BCUT2D eigenvalue weighted by Gasteiger charge is -2.37. The van der Waals surface area contributed by atoms with Crippen LogP contribution in [0.4, 0.5) is 8.78 Å². The summed E-state index contributed by atoms with van der Waals surface area (Å²) in [5.41, 5.74) is 0.867. The number of halogens is 2. The molecule has 0 N–H and O–H groups in total. The quantitative estimate of drug-likeness (QED) is 0.174. The Kier molecular flexibility index (Phi) is 14.2. The van der Waals surface area contributed by atoms with Crippen molar-refractivity contribution in [2.75, 3.05) is 13.2 Å². The third kappa shape index (κ3) is 10.3. The fourth-order valence-corrected chi connectivity index (χ4v) is 4.28. The van der Waals surface area contributed by atoms with Crippen molar-refractivity contribution in [2.45, 2.75) is 111 Å². The molecule has 1 unspecified atom stereocenters. The standard InChI is InChI=1S/C26H44F2O2/c1-5-8-9-10-11-14-17-23(26(4,29-6-2)30-7-3)18-15-12-13-16-22-19-20-24(27)25(28)21-22/h19-21,23H,5-18H2,1-4H3. The SMILES string of the molecule is CCCCCCCCC(CCCCCc1ccc(F)c(F)c1)C(C)(OCC)OCC. The summed E-state index contributed by atoms with van der Waals surface area (Å²) in [7, 11) is 0. The van der Waals surface area contributed by atoms with Crippen LogP contribution in [0.15, 0.2) is 18.2 Å². The van der Waals surface area contributed by atoms with Gasteiger partial charge in [0.1, 0.15) is 0 Å². The van der Waals surface area contributed by atoms with Gasteiger partial charge >= 0.3 is 0 Å². The maximum atomic E-state index is 13.4. The Morgan fingerprint density at radius 3 is 1.90 bits per heavy atom. The fourth-order valence-electron chi connectivity index (χ4n) is 4.28. The van der Waals surface area contributed by atoms with Crippen LogP contribution in [0.3, 0.4) is 0 Å². The van der Waals surface area contributed by atoms with Crippen LogP contribution in [0, 0.1) is 17.6 Å². The summed E-state index contributed by atoms with van der Waals surface area (Å²) in [5, 5.41) is 0. The number of hydrogen-bond donors (Lipinski definition) is 0. The van der Waals surface area contributed by atoms with Crippen molar-refractivity contribution in [3.05, 3.63) is 35.4 Å². The predicted molar refractivity (Wildman–Crippen MR) is 122 cm³/mol.